The monoisotopic (exact) mass is 1070 g/mol. The van der Waals surface area contributed by atoms with E-state index in [9.17, 15) is 10.2 Å². The molecular weight excluding hydrogens is 981 g/mol. The highest BCUT2D eigenvalue weighted by Gasteiger charge is 2.30. The molecule has 0 saturated heterocycles. The summed E-state index contributed by atoms with van der Waals surface area (Å²) in [5.74, 6) is 2.15. The molecule has 8 bridgehead atoms. The number of aromatic hydroxyl groups is 2. The molecule has 2 saturated carbocycles. The highest BCUT2D eigenvalue weighted by Crippen LogP contribution is 2.44. The van der Waals surface area contributed by atoms with Crippen molar-refractivity contribution in [2.75, 3.05) is 26.3 Å². The summed E-state index contributed by atoms with van der Waals surface area (Å²) in [4.78, 5) is 0. The molecule has 0 spiro atoms. The van der Waals surface area contributed by atoms with E-state index in [1.165, 1.54) is 0 Å². The van der Waals surface area contributed by atoms with Crippen molar-refractivity contribution >= 4 is 34.7 Å². The van der Waals surface area contributed by atoms with Gasteiger partial charge in [-0.15, -0.1) is 0 Å². The van der Waals surface area contributed by atoms with Gasteiger partial charge in [0.2, 0.25) is 0 Å². The second-order valence-electron chi connectivity index (χ2n) is 26.6. The topological polar surface area (TPSA) is 159 Å². The second kappa shape index (κ2) is 24.6. The van der Waals surface area contributed by atoms with E-state index in [-0.39, 0.29) is 57.3 Å². The summed E-state index contributed by atoms with van der Waals surface area (Å²) in [5.41, 5.74) is 24.0. The van der Waals surface area contributed by atoms with E-state index >= 15 is 0 Å². The number of fused-ring (bicyclic) bond motifs is 8. The molecule has 10 N–H and O–H groups in total. The number of hydrogen-bond acceptors (Lipinski definition) is 8. The van der Waals surface area contributed by atoms with Crippen molar-refractivity contribution in [3.05, 3.63) is 115 Å². The molecule has 3 aliphatic rings. The molecule has 0 radical (unpaired) electrons. The first-order valence-electron chi connectivity index (χ1n) is 28.5. The van der Waals surface area contributed by atoms with Crippen LogP contribution in [-0.4, -0.2) is 70.9 Å². The van der Waals surface area contributed by atoms with E-state index < -0.39 is 0 Å². The maximum Gasteiger partial charge on any atom is 0.166 e. The van der Waals surface area contributed by atoms with Crippen LogP contribution in [0.1, 0.15) is 214 Å². The third-order valence-electron chi connectivity index (χ3n) is 16.0. The van der Waals surface area contributed by atoms with Gasteiger partial charge in [-0.1, -0.05) is 157 Å². The van der Waals surface area contributed by atoms with Crippen LogP contribution < -0.4 is 42.2 Å². The number of ether oxygens (including phenoxy) is 2. The van der Waals surface area contributed by atoms with Crippen LogP contribution in [-0.2, 0) is 47.3 Å². The Morgan fingerprint density at radius 2 is 0.724 bits per heavy atom. The predicted octanol–water partition coefficient (Wildman–Crippen LogP) is 12.0. The van der Waals surface area contributed by atoms with Gasteiger partial charge in [-0.3, -0.25) is 0 Å². The Balaban J connectivity index is 1.32. The van der Waals surface area contributed by atoms with Crippen LogP contribution in [0.25, 0.3) is 0 Å². The van der Waals surface area contributed by atoms with Gasteiger partial charge in [-0.05, 0) is 151 Å². The Morgan fingerprint density at radius 3 is 0.987 bits per heavy atom. The van der Waals surface area contributed by atoms with Crippen LogP contribution in [0.15, 0.2) is 48.5 Å². The lowest BCUT2D eigenvalue weighted by atomic mass is 9.79. The summed E-state index contributed by atoms with van der Waals surface area (Å²) >= 11 is 11.5. The van der Waals surface area contributed by atoms with E-state index in [4.69, 9.17) is 45.4 Å². The molecule has 0 aliphatic heterocycles. The largest absolute Gasteiger partial charge is 0.507 e. The number of phenolic OH excluding ortho intramolecular Hbond substituents is 2. The lowest BCUT2D eigenvalue weighted by molar-refractivity contribution is 0.304. The third kappa shape index (κ3) is 15.3. The van der Waals surface area contributed by atoms with Crippen LogP contribution in [0.3, 0.4) is 0 Å². The van der Waals surface area contributed by atoms with Gasteiger partial charge in [0.15, 0.2) is 10.2 Å². The average molecular weight is 1080 g/mol. The first-order chi connectivity index (χ1) is 35.6. The lowest BCUT2D eigenvalue weighted by Crippen LogP contribution is -2.52. The zero-order valence-corrected chi connectivity index (χ0v) is 50.0. The smallest absolute Gasteiger partial charge is 0.166 e. The molecule has 10 nitrogen and oxygen atoms in total. The quantitative estimate of drug-likeness (QED) is 0.0442. The summed E-state index contributed by atoms with van der Waals surface area (Å²) in [7, 11) is 0. The Bertz CT molecular complexity index is 2410. The SMILES string of the molecule is CC(C)(C)c1cc2c(O)c(c1)Cc1cc(C(C)(C)C)cc(c1OCCCNC(=S)N[C@H]1CCCC[C@@H]1N)Cc1cc(C(C)(C)C)cc(c1O)Cc1cc(C(C)(C)C)cc(c1OCCCNC(=S)N[C@H]1CCCC[C@@H]1N)C2. The lowest BCUT2D eigenvalue weighted by Gasteiger charge is -2.30. The molecule has 2 fully saturated rings. The van der Waals surface area contributed by atoms with Gasteiger partial charge in [0.05, 0.1) is 13.2 Å². The molecule has 4 aromatic rings. The van der Waals surface area contributed by atoms with Gasteiger partial charge in [0.1, 0.15) is 23.0 Å². The first-order valence-corrected chi connectivity index (χ1v) is 29.4. The van der Waals surface area contributed by atoms with Crippen LogP contribution in [0, 0.1) is 0 Å². The van der Waals surface area contributed by atoms with E-state index in [0.717, 1.165) is 130 Å². The van der Waals surface area contributed by atoms with Crippen LogP contribution in [0.5, 0.6) is 23.0 Å². The van der Waals surface area contributed by atoms with Crippen molar-refractivity contribution in [1.29, 1.82) is 0 Å². The van der Waals surface area contributed by atoms with Gasteiger partial charge in [0, 0.05) is 62.9 Å². The Morgan fingerprint density at radius 1 is 0.461 bits per heavy atom. The zero-order valence-electron chi connectivity index (χ0n) is 48.3. The fourth-order valence-electron chi connectivity index (χ4n) is 11.0. The highest BCUT2D eigenvalue weighted by atomic mass is 32.1. The number of nitrogens with one attached hydrogen (secondary N) is 4. The Labute approximate surface area is 468 Å². The molecule has 4 aromatic carbocycles. The van der Waals surface area contributed by atoms with E-state index in [1.807, 2.05) is 0 Å². The normalized spacial score (nSPS) is 19.3. The van der Waals surface area contributed by atoms with Crippen molar-refractivity contribution in [3.63, 3.8) is 0 Å². The standard InChI is InChI=1S/C64H94N6O4S2/c1-61(2,3)47-31-39-27-43-35-49(63(7,8)9)37-45(57(43)73-25-17-23-67-59(75)69-53-21-15-13-19-51(53)65)29-41-33-48(62(4,5)6)34-42(56(41)72)30-46-38-50(64(10,11)12)36-44(28-40(32-47)55(39)71)58(46)74-26-18-24-68-60(76)70-54-22-16-14-20-52(54)66/h31-38,51-54,71-72H,13-30,65-66H2,1-12H3,(H2,67,69,75)(H2,68,70,76)/t51-,52-,53-,54-/m0/s1. The average Bonchev–Trinajstić information content (AvgIpc) is 3.32. The summed E-state index contributed by atoms with van der Waals surface area (Å²) in [6.45, 7) is 29.0. The van der Waals surface area contributed by atoms with Gasteiger partial charge >= 0.3 is 0 Å². The van der Waals surface area contributed by atoms with Crippen molar-refractivity contribution in [1.82, 2.24) is 21.3 Å². The maximum absolute atomic E-state index is 12.8. The number of thiocarbonyl (C=S) groups is 2. The van der Waals surface area contributed by atoms with Crippen LogP contribution in [0.2, 0.25) is 0 Å². The molecule has 0 aromatic heterocycles. The number of nitrogens with two attached hydrogens (primary N) is 2. The Hall–Kier alpha value is -4.62. The number of rotatable bonds is 12. The first kappa shape index (κ1) is 59.0. The van der Waals surface area contributed by atoms with Crippen molar-refractivity contribution in [3.8, 4) is 23.0 Å². The molecule has 0 heterocycles. The minimum atomic E-state index is -0.215. The van der Waals surface area contributed by atoms with Gasteiger partial charge in [-0.2, -0.15) is 0 Å². The molecule has 0 amide bonds. The van der Waals surface area contributed by atoms with Gasteiger partial charge in [-0.25, -0.2) is 0 Å². The van der Waals surface area contributed by atoms with Gasteiger partial charge < -0.3 is 52.4 Å². The molecule has 7 rings (SSSR count). The molecule has 416 valence electrons. The minimum Gasteiger partial charge on any atom is -0.507 e. The zero-order chi connectivity index (χ0) is 55.3. The van der Waals surface area contributed by atoms with Crippen molar-refractivity contribution in [2.45, 2.75) is 219 Å². The van der Waals surface area contributed by atoms with Gasteiger partial charge in [0.25, 0.3) is 0 Å². The summed E-state index contributed by atoms with van der Waals surface area (Å²) < 4.78 is 14.1. The molecular formula is C64H94N6O4S2. The Kier molecular flexibility index (Phi) is 19.1. The summed E-state index contributed by atoms with van der Waals surface area (Å²) in [6.07, 6.45) is 11.9. The maximum atomic E-state index is 12.8. The van der Waals surface area contributed by atoms with Crippen LogP contribution >= 0.6 is 24.4 Å². The molecule has 3 aliphatic carbocycles. The number of benzene rings is 4. The van der Waals surface area contributed by atoms with Crippen molar-refractivity contribution in [2.24, 2.45) is 11.5 Å². The summed E-state index contributed by atoms with van der Waals surface area (Å²) in [5, 5.41) is 40.6. The number of hydrogen-bond donors (Lipinski definition) is 8. The van der Waals surface area contributed by atoms with E-state index in [2.05, 4.69) is 153 Å². The third-order valence-corrected chi connectivity index (χ3v) is 16.5. The molecule has 76 heavy (non-hydrogen) atoms. The van der Waals surface area contributed by atoms with E-state index in [0.29, 0.717) is 75.1 Å². The predicted molar refractivity (Wildman–Crippen MR) is 323 cm³/mol. The van der Waals surface area contributed by atoms with Crippen LogP contribution in [0.4, 0.5) is 0 Å². The fourth-order valence-corrected chi connectivity index (χ4v) is 11.5. The number of phenols is 2. The van der Waals surface area contributed by atoms with E-state index in [1.54, 1.807) is 0 Å². The second-order valence-corrected chi connectivity index (χ2v) is 27.4. The summed E-state index contributed by atoms with van der Waals surface area (Å²) in [6, 6.07) is 18.5. The molecule has 0 unspecified atom stereocenters. The molecule has 4 atom stereocenters. The molecule has 12 heteroatoms. The minimum absolute atomic E-state index is 0.105. The highest BCUT2D eigenvalue weighted by molar-refractivity contribution is 7.80. The van der Waals surface area contributed by atoms with Crippen molar-refractivity contribution < 1.29 is 19.7 Å². The fraction of sp³-hybridized carbons (Fsp3) is 0.594.